The summed E-state index contributed by atoms with van der Waals surface area (Å²) in [6.45, 7) is 0. The number of phenolic OH excluding ortho intramolecular Hbond substituents is 2. The zero-order valence-corrected chi connectivity index (χ0v) is 9.28. The summed E-state index contributed by atoms with van der Waals surface area (Å²) < 4.78 is 0.961. The van der Waals surface area contributed by atoms with Gasteiger partial charge in [-0.05, 0) is 6.07 Å². The number of aromatic amines is 1. The van der Waals surface area contributed by atoms with Gasteiger partial charge in [-0.3, -0.25) is 9.89 Å². The minimum Gasteiger partial charge on any atom is -0.504 e. The second-order valence-corrected chi connectivity index (χ2v) is 3.94. The van der Waals surface area contributed by atoms with Gasteiger partial charge in [0, 0.05) is 12.1 Å². The predicted molar refractivity (Wildman–Crippen MR) is 63.6 cm³/mol. The number of aromatic hydroxyl groups is 2. The fourth-order valence-electron chi connectivity index (χ4n) is 1.82. The first-order chi connectivity index (χ1) is 8.97. The zero-order valence-electron chi connectivity index (χ0n) is 9.28. The van der Waals surface area contributed by atoms with E-state index in [0.29, 0.717) is 0 Å². The highest BCUT2D eigenvalue weighted by Gasteiger charge is 2.14. The number of hydrogen-bond acceptors (Lipinski definition) is 5. The molecular weight excluding hydrogens is 254 g/mol. The molecule has 0 unspecified atom stereocenters. The van der Waals surface area contributed by atoms with Gasteiger partial charge < -0.3 is 15.3 Å². The molecular formula is C11H7N3O5. The van der Waals surface area contributed by atoms with E-state index in [1.165, 1.54) is 6.07 Å². The van der Waals surface area contributed by atoms with E-state index in [0.717, 1.165) is 16.6 Å². The van der Waals surface area contributed by atoms with Crippen molar-refractivity contribution in [3.8, 4) is 11.5 Å². The Bertz CT molecular complexity index is 893. The number of carboxylic acid groups (broad SMARTS) is 1. The summed E-state index contributed by atoms with van der Waals surface area (Å²) in [7, 11) is 0. The van der Waals surface area contributed by atoms with E-state index in [-0.39, 0.29) is 22.2 Å². The number of aromatic nitrogens is 3. The van der Waals surface area contributed by atoms with Crippen LogP contribution in [-0.4, -0.2) is 35.9 Å². The molecule has 0 atom stereocenters. The summed E-state index contributed by atoms with van der Waals surface area (Å²) in [4.78, 5) is 27.0. The topological polar surface area (TPSA) is 128 Å². The molecule has 0 aliphatic carbocycles. The van der Waals surface area contributed by atoms with Crippen molar-refractivity contribution in [2.45, 2.75) is 0 Å². The second kappa shape index (κ2) is 3.48. The first kappa shape index (κ1) is 11.1. The minimum atomic E-state index is -1.22. The van der Waals surface area contributed by atoms with Crippen LogP contribution in [-0.2, 0) is 0 Å². The first-order valence-corrected chi connectivity index (χ1v) is 5.18. The molecule has 0 saturated heterocycles. The van der Waals surface area contributed by atoms with E-state index in [2.05, 4.69) is 10.1 Å². The lowest BCUT2D eigenvalue weighted by atomic mass is 10.2. The van der Waals surface area contributed by atoms with Crippen molar-refractivity contribution >= 4 is 22.5 Å². The molecule has 2 heterocycles. The fraction of sp³-hybridized carbons (Fsp3) is 0. The highest BCUT2D eigenvalue weighted by Crippen LogP contribution is 2.27. The number of rotatable bonds is 1. The quantitative estimate of drug-likeness (QED) is 0.466. The van der Waals surface area contributed by atoms with Gasteiger partial charge in [-0.25, -0.2) is 14.3 Å². The Labute approximate surface area is 104 Å². The van der Waals surface area contributed by atoms with Crippen LogP contribution < -0.4 is 5.56 Å². The third-order valence-corrected chi connectivity index (χ3v) is 2.73. The van der Waals surface area contributed by atoms with Gasteiger partial charge in [0.05, 0.1) is 10.9 Å². The third kappa shape index (κ3) is 1.50. The number of fused-ring (bicyclic) bond motifs is 2. The third-order valence-electron chi connectivity index (χ3n) is 2.73. The Morgan fingerprint density at radius 3 is 2.58 bits per heavy atom. The minimum absolute atomic E-state index is 0.0617. The zero-order chi connectivity index (χ0) is 13.7. The van der Waals surface area contributed by atoms with Crippen molar-refractivity contribution in [2.24, 2.45) is 0 Å². The molecule has 1 aromatic carbocycles. The molecule has 19 heavy (non-hydrogen) atoms. The second-order valence-electron chi connectivity index (χ2n) is 3.94. The molecule has 8 heteroatoms. The number of H-pyrrole nitrogens is 1. The van der Waals surface area contributed by atoms with Crippen LogP contribution in [0.25, 0.3) is 16.6 Å². The highest BCUT2D eigenvalue weighted by atomic mass is 16.4. The molecule has 0 bridgehead atoms. The summed E-state index contributed by atoms with van der Waals surface area (Å²) in [5.41, 5.74) is -0.479. The van der Waals surface area contributed by atoms with E-state index >= 15 is 0 Å². The Morgan fingerprint density at radius 2 is 1.89 bits per heavy atom. The van der Waals surface area contributed by atoms with E-state index in [9.17, 15) is 19.8 Å². The number of phenols is 2. The van der Waals surface area contributed by atoms with Gasteiger partial charge in [0.15, 0.2) is 17.1 Å². The van der Waals surface area contributed by atoms with Gasteiger partial charge in [-0.1, -0.05) is 0 Å². The predicted octanol–water partition coefficient (Wildman–Crippen LogP) is 0.285. The monoisotopic (exact) mass is 261 g/mol. The number of carboxylic acids is 1. The molecule has 96 valence electrons. The van der Waals surface area contributed by atoms with Gasteiger partial charge in [0.25, 0.3) is 5.56 Å². The van der Waals surface area contributed by atoms with Crippen LogP contribution in [0, 0.1) is 0 Å². The standard InChI is InChI=1S/C11H7N3O5/c15-7-1-4-5(2-8(7)16)12-9-3-6(11(18)19)13-14(9)10(4)17/h1-3,13,15-16H,(H,18,19). The lowest BCUT2D eigenvalue weighted by molar-refractivity contribution is 0.0690. The molecule has 0 spiro atoms. The number of nitrogens with one attached hydrogen (secondary N) is 1. The van der Waals surface area contributed by atoms with E-state index in [4.69, 9.17) is 5.11 Å². The normalized spacial score (nSPS) is 11.2. The number of benzene rings is 1. The van der Waals surface area contributed by atoms with Crippen LogP contribution in [0.4, 0.5) is 0 Å². The van der Waals surface area contributed by atoms with Crippen LogP contribution in [0.3, 0.4) is 0 Å². The maximum atomic E-state index is 12.1. The van der Waals surface area contributed by atoms with Crippen LogP contribution in [0.1, 0.15) is 10.5 Å². The first-order valence-electron chi connectivity index (χ1n) is 5.18. The van der Waals surface area contributed by atoms with Gasteiger partial charge in [-0.2, -0.15) is 0 Å². The maximum absolute atomic E-state index is 12.1. The number of nitrogens with zero attached hydrogens (tertiary/aromatic N) is 2. The lowest BCUT2D eigenvalue weighted by Crippen LogP contribution is -2.15. The fourth-order valence-corrected chi connectivity index (χ4v) is 1.82. The van der Waals surface area contributed by atoms with Crippen molar-refractivity contribution < 1.29 is 20.1 Å². The van der Waals surface area contributed by atoms with Crippen molar-refractivity contribution in [1.82, 2.24) is 14.6 Å². The summed E-state index contributed by atoms with van der Waals surface area (Å²) in [5.74, 6) is -2.08. The van der Waals surface area contributed by atoms with Gasteiger partial charge in [-0.15, -0.1) is 0 Å². The lowest BCUT2D eigenvalue weighted by Gasteiger charge is -2.01. The van der Waals surface area contributed by atoms with E-state index in [1.807, 2.05) is 0 Å². The van der Waals surface area contributed by atoms with Crippen molar-refractivity contribution in [2.75, 3.05) is 0 Å². The smallest absolute Gasteiger partial charge is 0.353 e. The molecule has 8 nitrogen and oxygen atoms in total. The summed E-state index contributed by atoms with van der Waals surface area (Å²) in [6, 6.07) is 3.42. The van der Waals surface area contributed by atoms with Gasteiger partial charge >= 0.3 is 5.97 Å². The molecule has 0 aliphatic rings. The molecule has 4 N–H and O–H groups in total. The van der Waals surface area contributed by atoms with Gasteiger partial charge in [0.2, 0.25) is 0 Å². The molecule has 3 rings (SSSR count). The highest BCUT2D eigenvalue weighted by molar-refractivity contribution is 5.88. The molecule has 0 aliphatic heterocycles. The van der Waals surface area contributed by atoms with Crippen LogP contribution in [0.15, 0.2) is 23.0 Å². The molecule has 0 amide bonds. The largest absolute Gasteiger partial charge is 0.504 e. The Hall–Kier alpha value is -3.03. The van der Waals surface area contributed by atoms with Gasteiger partial charge in [0.1, 0.15) is 5.69 Å². The SMILES string of the molecule is O=C(O)c1cc2nc3cc(O)c(O)cc3c(=O)n2[nH]1. The van der Waals surface area contributed by atoms with Crippen molar-refractivity contribution in [3.63, 3.8) is 0 Å². The summed E-state index contributed by atoms with van der Waals surface area (Å²) >= 11 is 0. The average molecular weight is 261 g/mol. The van der Waals surface area contributed by atoms with E-state index < -0.39 is 23.0 Å². The molecule has 2 aromatic heterocycles. The Morgan fingerprint density at radius 1 is 1.21 bits per heavy atom. The number of aromatic carboxylic acids is 1. The molecule has 0 radical (unpaired) electrons. The van der Waals surface area contributed by atoms with Crippen molar-refractivity contribution in [1.29, 1.82) is 0 Å². The maximum Gasteiger partial charge on any atom is 0.353 e. The summed E-state index contributed by atoms with van der Waals surface area (Å²) in [6.07, 6.45) is 0. The number of carbonyl (C=O) groups is 1. The molecule has 0 saturated carbocycles. The van der Waals surface area contributed by atoms with Crippen LogP contribution >= 0.6 is 0 Å². The van der Waals surface area contributed by atoms with Crippen LogP contribution in [0.5, 0.6) is 11.5 Å². The number of hydrogen-bond donors (Lipinski definition) is 4. The van der Waals surface area contributed by atoms with E-state index in [1.54, 1.807) is 0 Å². The molecule has 3 aromatic rings. The van der Waals surface area contributed by atoms with Crippen LogP contribution in [0.2, 0.25) is 0 Å². The Kier molecular flexibility index (Phi) is 2.03. The average Bonchev–Trinajstić information content (AvgIpc) is 2.76. The molecule has 0 fully saturated rings. The Balaban J connectivity index is 2.49. The summed E-state index contributed by atoms with van der Waals surface area (Å²) in [5, 5.41) is 30.0. The van der Waals surface area contributed by atoms with Crippen molar-refractivity contribution in [3.05, 3.63) is 34.2 Å².